The molecule has 0 atom stereocenters. The molecule has 126 valence electrons. The molecule has 7 nitrogen and oxygen atoms in total. The van der Waals surface area contributed by atoms with Crippen LogP contribution in [0, 0.1) is 0 Å². The Balaban J connectivity index is 1.74. The predicted octanol–water partition coefficient (Wildman–Crippen LogP) is 1.24. The predicted molar refractivity (Wildman–Crippen MR) is 91.9 cm³/mol. The lowest BCUT2D eigenvalue weighted by Gasteiger charge is -2.11. The second kappa shape index (κ2) is 9.09. The van der Waals surface area contributed by atoms with Crippen molar-refractivity contribution in [2.45, 2.75) is 18.1 Å². The molecule has 0 saturated carbocycles. The van der Waals surface area contributed by atoms with E-state index in [0.29, 0.717) is 0 Å². The van der Waals surface area contributed by atoms with Gasteiger partial charge in [-0.2, -0.15) is 0 Å². The number of nitrogens with two attached hydrogens (primary N) is 1. The summed E-state index contributed by atoms with van der Waals surface area (Å²) in [5, 5.41) is 14.5. The number of rotatable bonds is 9. The van der Waals surface area contributed by atoms with E-state index >= 15 is 0 Å². The van der Waals surface area contributed by atoms with Gasteiger partial charge in [0.05, 0.1) is 25.2 Å². The molecule has 0 radical (unpaired) electrons. The smallest absolute Gasteiger partial charge is 0.209 e. The first kappa shape index (κ1) is 18.0. The molecule has 1 aromatic carbocycles. The summed E-state index contributed by atoms with van der Waals surface area (Å²) in [5.41, 5.74) is 1.19. The number of halogens is 1. The largest absolute Gasteiger partial charge is 0.493 e. The Labute approximate surface area is 148 Å². The normalized spacial score (nSPS) is 10.8. The number of thioether (sulfide) groups is 1. The van der Waals surface area contributed by atoms with Crippen molar-refractivity contribution in [2.75, 3.05) is 26.5 Å². The second-order valence-electron chi connectivity index (χ2n) is 4.88. The first-order valence-corrected chi connectivity index (χ1v) is 9.00. The molecule has 23 heavy (non-hydrogen) atoms. The molecule has 0 aliphatic rings. The number of hydrogen-bond donors (Lipinski definition) is 1. The summed E-state index contributed by atoms with van der Waals surface area (Å²) in [6.45, 7) is 1.94. The molecule has 9 heteroatoms. The standard InChI is InChI=1S/C14H20BrN5O2S/c1-20-14(17-18-19-20)23-6-4-5-16-9-10-7-11(15)13(22-3)12(8-10)21-2/h7-8,16H,4-6,9H2,1-3H3/p+1. The molecular formula is C14H21BrN5O2S+. The molecule has 0 spiro atoms. The number of tetrazole rings is 1. The van der Waals surface area contributed by atoms with Gasteiger partial charge in [0, 0.05) is 24.8 Å². The third-order valence-electron chi connectivity index (χ3n) is 3.24. The van der Waals surface area contributed by atoms with Crippen LogP contribution in [0.25, 0.3) is 0 Å². The van der Waals surface area contributed by atoms with Gasteiger partial charge < -0.3 is 14.8 Å². The lowest BCUT2D eigenvalue weighted by Crippen LogP contribution is -2.82. The zero-order chi connectivity index (χ0) is 16.7. The number of quaternary nitrogens is 1. The van der Waals surface area contributed by atoms with Gasteiger partial charge in [-0.3, -0.25) is 0 Å². The first-order chi connectivity index (χ1) is 11.2. The van der Waals surface area contributed by atoms with E-state index in [2.05, 4.69) is 42.8 Å². The van der Waals surface area contributed by atoms with Gasteiger partial charge in [0.2, 0.25) is 5.16 Å². The fourth-order valence-corrected chi connectivity index (χ4v) is 3.56. The highest BCUT2D eigenvalue weighted by molar-refractivity contribution is 9.10. The van der Waals surface area contributed by atoms with Gasteiger partial charge in [0.25, 0.3) is 0 Å². The van der Waals surface area contributed by atoms with Crippen LogP contribution in [0.15, 0.2) is 21.8 Å². The maximum Gasteiger partial charge on any atom is 0.209 e. The Hall–Kier alpha value is -1.32. The summed E-state index contributed by atoms with van der Waals surface area (Å²) in [6.07, 6.45) is 1.09. The van der Waals surface area contributed by atoms with Crippen LogP contribution in [-0.4, -0.2) is 46.7 Å². The van der Waals surface area contributed by atoms with E-state index in [-0.39, 0.29) is 0 Å². The van der Waals surface area contributed by atoms with Crippen LogP contribution in [0.3, 0.4) is 0 Å². The fourth-order valence-electron chi connectivity index (χ4n) is 2.09. The Kier molecular flexibility index (Phi) is 7.13. The van der Waals surface area contributed by atoms with E-state index in [1.807, 2.05) is 13.1 Å². The fraction of sp³-hybridized carbons (Fsp3) is 0.500. The number of hydrogen-bond acceptors (Lipinski definition) is 6. The minimum absolute atomic E-state index is 0.727. The summed E-state index contributed by atoms with van der Waals surface area (Å²) in [4.78, 5) is 0. The maximum atomic E-state index is 5.36. The van der Waals surface area contributed by atoms with Crippen molar-refractivity contribution in [1.29, 1.82) is 0 Å². The molecule has 0 bridgehead atoms. The van der Waals surface area contributed by atoms with Crippen LogP contribution in [0.2, 0.25) is 0 Å². The van der Waals surface area contributed by atoms with Crippen molar-refractivity contribution in [2.24, 2.45) is 7.05 Å². The number of benzene rings is 1. The van der Waals surface area contributed by atoms with Crippen molar-refractivity contribution in [3.63, 3.8) is 0 Å². The lowest BCUT2D eigenvalue weighted by molar-refractivity contribution is -0.670. The van der Waals surface area contributed by atoms with Crippen LogP contribution < -0.4 is 14.8 Å². The molecule has 0 aliphatic carbocycles. The van der Waals surface area contributed by atoms with Crippen molar-refractivity contribution < 1.29 is 14.8 Å². The highest BCUT2D eigenvalue weighted by atomic mass is 79.9. The van der Waals surface area contributed by atoms with E-state index < -0.39 is 0 Å². The number of ether oxygens (including phenoxy) is 2. The van der Waals surface area contributed by atoms with Gasteiger partial charge in [-0.1, -0.05) is 11.8 Å². The van der Waals surface area contributed by atoms with E-state index in [1.165, 1.54) is 5.56 Å². The lowest BCUT2D eigenvalue weighted by atomic mass is 10.2. The number of aromatic nitrogens is 4. The first-order valence-electron chi connectivity index (χ1n) is 7.23. The van der Waals surface area contributed by atoms with Gasteiger partial charge in [-0.15, -0.1) is 5.10 Å². The van der Waals surface area contributed by atoms with E-state index in [0.717, 1.165) is 46.4 Å². The molecule has 0 aliphatic heterocycles. The topological polar surface area (TPSA) is 78.7 Å². The van der Waals surface area contributed by atoms with Gasteiger partial charge in [-0.05, 0) is 38.5 Å². The molecule has 2 rings (SSSR count). The Morgan fingerprint density at radius 2 is 2.13 bits per heavy atom. The van der Waals surface area contributed by atoms with Crippen molar-refractivity contribution >= 4 is 27.7 Å². The number of methoxy groups -OCH3 is 2. The van der Waals surface area contributed by atoms with Crippen LogP contribution in [0.4, 0.5) is 0 Å². The molecule has 0 fully saturated rings. The summed E-state index contributed by atoms with van der Waals surface area (Å²) in [5.74, 6) is 2.47. The minimum atomic E-state index is 0.727. The summed E-state index contributed by atoms with van der Waals surface area (Å²) in [7, 11) is 5.14. The van der Waals surface area contributed by atoms with Crippen molar-refractivity contribution in [3.8, 4) is 11.5 Å². The third kappa shape index (κ3) is 5.08. The van der Waals surface area contributed by atoms with E-state index in [4.69, 9.17) is 9.47 Å². The van der Waals surface area contributed by atoms with Gasteiger partial charge in [0.15, 0.2) is 11.5 Å². The zero-order valence-electron chi connectivity index (χ0n) is 13.5. The van der Waals surface area contributed by atoms with Crippen molar-refractivity contribution in [3.05, 3.63) is 22.2 Å². The highest BCUT2D eigenvalue weighted by Gasteiger charge is 2.11. The Morgan fingerprint density at radius 1 is 1.30 bits per heavy atom. The molecule has 2 aromatic rings. The zero-order valence-corrected chi connectivity index (χ0v) is 15.9. The molecule has 0 unspecified atom stereocenters. The van der Waals surface area contributed by atoms with E-state index in [9.17, 15) is 0 Å². The molecule has 2 N–H and O–H groups in total. The number of nitrogens with zero attached hydrogens (tertiary/aromatic N) is 4. The van der Waals surface area contributed by atoms with Gasteiger partial charge in [-0.25, -0.2) is 4.68 Å². The monoisotopic (exact) mass is 402 g/mol. The summed E-state index contributed by atoms with van der Waals surface area (Å²) < 4.78 is 13.3. The quantitative estimate of drug-likeness (QED) is 0.501. The van der Waals surface area contributed by atoms with Crippen molar-refractivity contribution in [1.82, 2.24) is 20.2 Å². The van der Waals surface area contributed by atoms with Crippen LogP contribution >= 0.6 is 27.7 Å². The Morgan fingerprint density at radius 3 is 2.78 bits per heavy atom. The molecule has 0 amide bonds. The SMILES string of the molecule is COc1cc(C[NH2+]CCCSc2nnnn2C)cc(Br)c1OC. The maximum absolute atomic E-state index is 5.36. The highest BCUT2D eigenvalue weighted by Crippen LogP contribution is 2.35. The second-order valence-corrected chi connectivity index (χ2v) is 6.80. The third-order valence-corrected chi connectivity index (χ3v) is 4.92. The minimum Gasteiger partial charge on any atom is -0.493 e. The summed E-state index contributed by atoms with van der Waals surface area (Å²) >= 11 is 5.19. The van der Waals surface area contributed by atoms with Crippen LogP contribution in [0.5, 0.6) is 11.5 Å². The van der Waals surface area contributed by atoms with Crippen LogP contribution in [-0.2, 0) is 13.6 Å². The average Bonchev–Trinajstić information content (AvgIpc) is 2.95. The molecule has 1 heterocycles. The average molecular weight is 403 g/mol. The summed E-state index contributed by atoms with van der Waals surface area (Å²) in [6, 6.07) is 4.08. The van der Waals surface area contributed by atoms with E-state index in [1.54, 1.807) is 30.7 Å². The number of aryl methyl sites for hydroxylation is 1. The molecular weight excluding hydrogens is 382 g/mol. The van der Waals surface area contributed by atoms with Gasteiger partial charge >= 0.3 is 0 Å². The molecule has 0 saturated heterocycles. The molecule has 1 aromatic heterocycles. The Bertz CT molecular complexity index is 638. The van der Waals surface area contributed by atoms with Crippen LogP contribution in [0.1, 0.15) is 12.0 Å². The van der Waals surface area contributed by atoms with Gasteiger partial charge in [0.1, 0.15) is 6.54 Å².